The third-order valence-electron chi connectivity index (χ3n) is 5.08. The summed E-state index contributed by atoms with van der Waals surface area (Å²) in [6.45, 7) is 10.8. The molecule has 2 rings (SSSR count). The van der Waals surface area contributed by atoms with Gasteiger partial charge in [-0.2, -0.15) is 0 Å². The number of carboxylic acids is 1. The summed E-state index contributed by atoms with van der Waals surface area (Å²) in [6, 6.07) is 7.81. The Hall–Kier alpha value is -2.65. The molecule has 5 nitrogen and oxygen atoms in total. The normalized spacial score (nSPS) is 12.8. The molecular weight excluding hydrogens is 356 g/mol. The lowest BCUT2D eigenvalue weighted by Crippen LogP contribution is -2.41. The lowest BCUT2D eigenvalue weighted by atomic mass is 10.1. The number of nitrogens with one attached hydrogen (secondary N) is 1. The third kappa shape index (κ3) is 4.95. The van der Waals surface area contributed by atoms with Gasteiger partial charge in [-0.15, -0.1) is 11.5 Å². The Morgan fingerprint density at radius 3 is 2.52 bits per heavy atom. The van der Waals surface area contributed by atoms with Crippen LogP contribution in [0.25, 0.3) is 10.9 Å². The molecule has 1 amide bonds. The summed E-state index contributed by atoms with van der Waals surface area (Å²) in [6.07, 6.45) is 1.63. The van der Waals surface area contributed by atoms with Crippen LogP contribution in [0.5, 0.6) is 0 Å². The molecule has 2 aromatic rings. The third-order valence-corrected chi connectivity index (χ3v) is 9.63. The highest BCUT2D eigenvalue weighted by Gasteiger charge is 2.33. The number of aliphatic carboxylic acids is 1. The van der Waals surface area contributed by atoms with E-state index >= 15 is 0 Å². The van der Waals surface area contributed by atoms with Gasteiger partial charge in [-0.3, -0.25) is 9.78 Å². The van der Waals surface area contributed by atoms with Gasteiger partial charge in [0.1, 0.15) is 14.1 Å². The lowest BCUT2D eigenvalue weighted by molar-refractivity contribution is -0.139. The first-order valence-electron chi connectivity index (χ1n) is 8.90. The van der Waals surface area contributed by atoms with Crippen molar-refractivity contribution >= 4 is 30.9 Å². The van der Waals surface area contributed by atoms with E-state index in [1.807, 2.05) is 18.2 Å². The zero-order valence-electron chi connectivity index (χ0n) is 16.5. The summed E-state index contributed by atoms with van der Waals surface area (Å²) < 4.78 is 0. The standard InChI is InChI=1S/C21H26N2O3Si/c1-21(2,3)27(4,5)14-8-11-18(20(25)26)23-19(24)16-12-13-22-17-10-7-6-9-15(16)17/h6-7,9-10,12-13,18H,11H2,1-5H3,(H,23,24)(H,25,26)/t18-/m0/s1. The number of pyridine rings is 1. The van der Waals surface area contributed by atoms with Crippen molar-refractivity contribution < 1.29 is 14.7 Å². The number of carboxylic acid groups (broad SMARTS) is 1. The Morgan fingerprint density at radius 2 is 1.89 bits per heavy atom. The molecule has 1 atom stereocenters. The summed E-state index contributed by atoms with van der Waals surface area (Å²) >= 11 is 0. The molecule has 0 fully saturated rings. The Morgan fingerprint density at radius 1 is 1.22 bits per heavy atom. The maximum atomic E-state index is 12.7. The summed E-state index contributed by atoms with van der Waals surface area (Å²) in [5.74, 6) is 1.48. The van der Waals surface area contributed by atoms with Gasteiger partial charge < -0.3 is 10.4 Å². The molecule has 0 bridgehead atoms. The molecule has 0 spiro atoms. The van der Waals surface area contributed by atoms with Crippen LogP contribution < -0.4 is 5.32 Å². The van der Waals surface area contributed by atoms with Crippen molar-refractivity contribution in [3.8, 4) is 11.5 Å². The SMILES string of the molecule is CC(C)(C)[Si](C)(C)C#CC[C@H](NC(=O)c1ccnc2ccccc12)C(=O)O. The highest BCUT2D eigenvalue weighted by Crippen LogP contribution is 2.35. The molecule has 0 aliphatic rings. The van der Waals surface area contributed by atoms with Crippen LogP contribution in [0, 0.1) is 11.5 Å². The topological polar surface area (TPSA) is 79.3 Å². The van der Waals surface area contributed by atoms with Crippen molar-refractivity contribution in [2.75, 3.05) is 0 Å². The number of amides is 1. The van der Waals surface area contributed by atoms with E-state index in [1.165, 1.54) is 0 Å². The molecular formula is C21H26N2O3Si. The Bertz CT molecular complexity index is 915. The lowest BCUT2D eigenvalue weighted by Gasteiger charge is -2.31. The van der Waals surface area contributed by atoms with Crippen LogP contribution in [-0.2, 0) is 4.79 Å². The first-order valence-corrected chi connectivity index (χ1v) is 11.9. The number of carbonyl (C=O) groups is 2. The second kappa shape index (κ2) is 7.93. The fourth-order valence-corrected chi connectivity index (χ4v) is 3.21. The monoisotopic (exact) mass is 382 g/mol. The number of rotatable bonds is 4. The number of hydrogen-bond donors (Lipinski definition) is 2. The smallest absolute Gasteiger partial charge is 0.327 e. The highest BCUT2D eigenvalue weighted by atomic mass is 28.3. The molecule has 27 heavy (non-hydrogen) atoms. The minimum absolute atomic E-state index is 0.0800. The van der Waals surface area contributed by atoms with Gasteiger partial charge in [-0.1, -0.05) is 52.1 Å². The number of aromatic nitrogens is 1. The number of nitrogens with zero attached hydrogens (tertiary/aromatic N) is 1. The molecule has 142 valence electrons. The summed E-state index contributed by atoms with van der Waals surface area (Å²) in [5.41, 5.74) is 4.39. The van der Waals surface area contributed by atoms with E-state index < -0.39 is 26.0 Å². The van der Waals surface area contributed by atoms with Crippen molar-refractivity contribution in [3.63, 3.8) is 0 Å². The second-order valence-electron chi connectivity index (χ2n) is 8.12. The van der Waals surface area contributed by atoms with Gasteiger partial charge in [0.2, 0.25) is 0 Å². The average molecular weight is 383 g/mol. The van der Waals surface area contributed by atoms with Crippen LogP contribution in [0.1, 0.15) is 37.6 Å². The van der Waals surface area contributed by atoms with E-state index in [9.17, 15) is 14.7 Å². The van der Waals surface area contributed by atoms with Crippen LogP contribution in [0.15, 0.2) is 36.5 Å². The minimum Gasteiger partial charge on any atom is -0.480 e. The molecule has 0 aliphatic heterocycles. The maximum Gasteiger partial charge on any atom is 0.327 e. The quantitative estimate of drug-likeness (QED) is 0.622. The first-order chi connectivity index (χ1) is 12.5. The van der Waals surface area contributed by atoms with E-state index in [-0.39, 0.29) is 11.5 Å². The zero-order chi connectivity index (χ0) is 20.2. The zero-order valence-corrected chi connectivity index (χ0v) is 17.5. The highest BCUT2D eigenvalue weighted by molar-refractivity contribution is 6.87. The summed E-state index contributed by atoms with van der Waals surface area (Å²) in [7, 11) is -1.82. The Balaban J connectivity index is 2.19. The van der Waals surface area contributed by atoms with Gasteiger partial charge in [0.25, 0.3) is 5.91 Å². The van der Waals surface area contributed by atoms with Gasteiger partial charge >= 0.3 is 5.97 Å². The fourth-order valence-electron chi connectivity index (χ4n) is 2.29. The van der Waals surface area contributed by atoms with E-state index in [0.717, 1.165) is 0 Å². The average Bonchev–Trinajstić information content (AvgIpc) is 2.59. The van der Waals surface area contributed by atoms with Crippen molar-refractivity contribution in [2.24, 2.45) is 0 Å². The minimum atomic E-state index is -1.82. The van der Waals surface area contributed by atoms with Crippen LogP contribution in [0.4, 0.5) is 0 Å². The largest absolute Gasteiger partial charge is 0.480 e. The predicted octanol–water partition coefficient (Wildman–Crippen LogP) is 3.86. The molecule has 1 aromatic carbocycles. The van der Waals surface area contributed by atoms with Crippen molar-refractivity contribution in [2.45, 2.75) is 51.4 Å². The molecule has 2 N–H and O–H groups in total. The number of para-hydroxylation sites is 1. The molecule has 0 saturated heterocycles. The van der Waals surface area contributed by atoms with Crippen molar-refractivity contribution in [1.29, 1.82) is 0 Å². The van der Waals surface area contributed by atoms with E-state index in [0.29, 0.717) is 16.5 Å². The Kier molecular flexibility index (Phi) is 6.07. The first kappa shape index (κ1) is 20.7. The summed E-state index contributed by atoms with van der Waals surface area (Å²) in [5, 5.41) is 12.9. The number of fused-ring (bicyclic) bond motifs is 1. The molecule has 0 saturated carbocycles. The number of carbonyl (C=O) groups excluding carboxylic acids is 1. The maximum absolute atomic E-state index is 12.7. The van der Waals surface area contributed by atoms with Crippen molar-refractivity contribution in [1.82, 2.24) is 10.3 Å². The van der Waals surface area contributed by atoms with Crippen LogP contribution in [-0.4, -0.2) is 36.1 Å². The van der Waals surface area contributed by atoms with Crippen LogP contribution in [0.3, 0.4) is 0 Å². The van der Waals surface area contributed by atoms with E-state index in [1.54, 1.807) is 18.3 Å². The Labute approximate surface area is 161 Å². The fraction of sp³-hybridized carbons (Fsp3) is 0.381. The number of benzene rings is 1. The molecule has 0 radical (unpaired) electrons. The molecule has 6 heteroatoms. The molecule has 0 aliphatic carbocycles. The molecule has 1 aromatic heterocycles. The second-order valence-corrected chi connectivity index (χ2v) is 13.1. The van der Waals surface area contributed by atoms with E-state index in [4.69, 9.17) is 0 Å². The van der Waals surface area contributed by atoms with Gasteiger partial charge in [0.05, 0.1) is 11.1 Å². The van der Waals surface area contributed by atoms with Crippen LogP contribution >= 0.6 is 0 Å². The van der Waals surface area contributed by atoms with Gasteiger partial charge in [-0.05, 0) is 17.2 Å². The predicted molar refractivity (Wildman–Crippen MR) is 110 cm³/mol. The van der Waals surface area contributed by atoms with Gasteiger partial charge in [0, 0.05) is 18.0 Å². The number of hydrogen-bond acceptors (Lipinski definition) is 3. The summed E-state index contributed by atoms with van der Waals surface area (Å²) in [4.78, 5) is 28.5. The van der Waals surface area contributed by atoms with E-state index in [2.05, 4.69) is 55.6 Å². The van der Waals surface area contributed by atoms with Gasteiger partial charge in [0.15, 0.2) is 0 Å². The molecule has 0 unspecified atom stereocenters. The van der Waals surface area contributed by atoms with Gasteiger partial charge in [-0.25, -0.2) is 4.79 Å². The van der Waals surface area contributed by atoms with Crippen molar-refractivity contribution in [3.05, 3.63) is 42.1 Å². The van der Waals surface area contributed by atoms with Crippen LogP contribution in [0.2, 0.25) is 18.1 Å². The molecule has 1 heterocycles.